The maximum Gasteiger partial charge on any atom is 0.130 e. The Bertz CT molecular complexity index is 389. The molecule has 0 radical (unpaired) electrons. The summed E-state index contributed by atoms with van der Waals surface area (Å²) < 4.78 is 1.78. The molecule has 0 aromatic carbocycles. The first-order chi connectivity index (χ1) is 8.09. The minimum Gasteiger partial charge on any atom is -0.257 e. The highest BCUT2D eigenvalue weighted by Crippen LogP contribution is 2.33. The number of hydrogen-bond donors (Lipinski definition) is 0. The summed E-state index contributed by atoms with van der Waals surface area (Å²) >= 11 is 10.2. The lowest BCUT2D eigenvalue weighted by Crippen LogP contribution is -2.16. The second kappa shape index (κ2) is 5.75. The van der Waals surface area contributed by atoms with E-state index in [-0.39, 0.29) is 0 Å². The summed E-state index contributed by atoms with van der Waals surface area (Å²) in [6.45, 7) is 2.06. The standard InChI is InChI=1S/C13H20BrClN2/c1-9-11(13(15)17(2)16-9)8-10-6-4-3-5-7-12(10)14/h10,12H,3-8H2,1-2H3. The van der Waals surface area contributed by atoms with Crippen LogP contribution in [0.25, 0.3) is 0 Å². The summed E-state index contributed by atoms with van der Waals surface area (Å²) in [4.78, 5) is 0.640. The Morgan fingerprint density at radius 2 is 2.06 bits per heavy atom. The van der Waals surface area contributed by atoms with Crippen LogP contribution in [0.4, 0.5) is 0 Å². The van der Waals surface area contributed by atoms with Crippen LogP contribution in [0.1, 0.15) is 43.4 Å². The number of halogens is 2. The van der Waals surface area contributed by atoms with Gasteiger partial charge in [-0.25, -0.2) is 0 Å². The number of aromatic nitrogens is 2. The number of nitrogens with zero attached hydrogens (tertiary/aromatic N) is 2. The number of alkyl halides is 1. The van der Waals surface area contributed by atoms with Gasteiger partial charge in [-0.1, -0.05) is 46.8 Å². The molecule has 1 fully saturated rings. The van der Waals surface area contributed by atoms with E-state index < -0.39 is 0 Å². The molecule has 0 saturated heterocycles. The second-order valence-corrected chi connectivity index (χ2v) is 6.63. The molecule has 2 atom stereocenters. The van der Waals surface area contributed by atoms with Crippen molar-refractivity contribution in [2.45, 2.75) is 50.3 Å². The first-order valence-corrected chi connectivity index (χ1v) is 7.71. The fraction of sp³-hybridized carbons (Fsp3) is 0.769. The average Bonchev–Trinajstić information content (AvgIpc) is 2.45. The molecule has 1 aromatic heterocycles. The molecule has 0 N–H and O–H groups in total. The SMILES string of the molecule is Cc1nn(C)c(Cl)c1CC1CCCCCC1Br. The smallest absolute Gasteiger partial charge is 0.130 e. The maximum atomic E-state index is 6.31. The molecule has 96 valence electrons. The monoisotopic (exact) mass is 318 g/mol. The average molecular weight is 320 g/mol. The molecular weight excluding hydrogens is 300 g/mol. The molecular formula is C13H20BrClN2. The number of aryl methyl sites for hydroxylation is 2. The van der Waals surface area contributed by atoms with E-state index in [1.807, 2.05) is 7.05 Å². The van der Waals surface area contributed by atoms with Gasteiger partial charge in [0.05, 0.1) is 5.69 Å². The van der Waals surface area contributed by atoms with E-state index in [9.17, 15) is 0 Å². The van der Waals surface area contributed by atoms with Crippen molar-refractivity contribution in [3.63, 3.8) is 0 Å². The van der Waals surface area contributed by atoms with Gasteiger partial charge in [0.25, 0.3) is 0 Å². The fourth-order valence-corrected chi connectivity index (χ4v) is 3.76. The number of hydrogen-bond acceptors (Lipinski definition) is 1. The van der Waals surface area contributed by atoms with Crippen LogP contribution in [0.3, 0.4) is 0 Å². The molecule has 4 heteroatoms. The van der Waals surface area contributed by atoms with Crippen molar-refractivity contribution in [2.75, 3.05) is 0 Å². The molecule has 2 unspecified atom stereocenters. The summed E-state index contributed by atoms with van der Waals surface area (Å²) in [7, 11) is 1.91. The van der Waals surface area contributed by atoms with Crippen LogP contribution >= 0.6 is 27.5 Å². The normalized spacial score (nSPS) is 25.9. The Labute approximate surface area is 117 Å². The van der Waals surface area contributed by atoms with Gasteiger partial charge in [0, 0.05) is 17.4 Å². The van der Waals surface area contributed by atoms with Crippen molar-refractivity contribution in [1.82, 2.24) is 9.78 Å². The molecule has 1 heterocycles. The van der Waals surface area contributed by atoms with Gasteiger partial charge in [0.15, 0.2) is 0 Å². The third kappa shape index (κ3) is 3.05. The zero-order valence-electron chi connectivity index (χ0n) is 10.5. The van der Waals surface area contributed by atoms with Gasteiger partial charge >= 0.3 is 0 Å². The highest BCUT2D eigenvalue weighted by molar-refractivity contribution is 9.09. The molecule has 2 rings (SSSR count). The van der Waals surface area contributed by atoms with Crippen LogP contribution in [0.15, 0.2) is 0 Å². The fourth-order valence-electron chi connectivity index (χ4n) is 2.74. The Morgan fingerprint density at radius 1 is 1.35 bits per heavy atom. The first-order valence-electron chi connectivity index (χ1n) is 6.41. The Morgan fingerprint density at radius 3 is 2.71 bits per heavy atom. The molecule has 1 aliphatic carbocycles. The van der Waals surface area contributed by atoms with Gasteiger partial charge < -0.3 is 0 Å². The lowest BCUT2D eigenvalue weighted by Gasteiger charge is -2.19. The van der Waals surface area contributed by atoms with Crippen LogP contribution in [-0.2, 0) is 13.5 Å². The minimum absolute atomic E-state index is 0.640. The lowest BCUT2D eigenvalue weighted by molar-refractivity contribution is 0.474. The van der Waals surface area contributed by atoms with E-state index >= 15 is 0 Å². The number of rotatable bonds is 2. The minimum atomic E-state index is 0.640. The van der Waals surface area contributed by atoms with Gasteiger partial charge in [0.1, 0.15) is 5.15 Å². The summed E-state index contributed by atoms with van der Waals surface area (Å²) in [5.74, 6) is 0.706. The zero-order chi connectivity index (χ0) is 12.4. The third-order valence-electron chi connectivity index (χ3n) is 3.80. The van der Waals surface area contributed by atoms with Crippen molar-refractivity contribution >= 4 is 27.5 Å². The quantitative estimate of drug-likeness (QED) is 0.588. The van der Waals surface area contributed by atoms with Gasteiger partial charge in [-0.2, -0.15) is 5.10 Å². The molecule has 0 amide bonds. The molecule has 0 bridgehead atoms. The predicted octanol–water partition coefficient (Wildman–Crippen LogP) is 4.27. The highest BCUT2D eigenvalue weighted by Gasteiger charge is 2.24. The van der Waals surface area contributed by atoms with Crippen molar-refractivity contribution in [3.8, 4) is 0 Å². The predicted molar refractivity (Wildman–Crippen MR) is 75.9 cm³/mol. The lowest BCUT2D eigenvalue weighted by atomic mass is 9.93. The Kier molecular flexibility index (Phi) is 4.53. The molecule has 0 aliphatic heterocycles. The second-order valence-electron chi connectivity index (χ2n) is 5.10. The van der Waals surface area contributed by atoms with E-state index in [1.54, 1.807) is 4.68 Å². The Hall–Kier alpha value is -0.0200. The van der Waals surface area contributed by atoms with Gasteiger partial charge in [-0.05, 0) is 32.1 Å². The molecule has 0 spiro atoms. The van der Waals surface area contributed by atoms with Crippen molar-refractivity contribution in [1.29, 1.82) is 0 Å². The van der Waals surface area contributed by atoms with Crippen LogP contribution in [0.5, 0.6) is 0 Å². The third-order valence-corrected chi connectivity index (χ3v) is 5.48. The van der Waals surface area contributed by atoms with Crippen LogP contribution in [0, 0.1) is 12.8 Å². The van der Waals surface area contributed by atoms with E-state index in [0.717, 1.165) is 17.3 Å². The van der Waals surface area contributed by atoms with Crippen molar-refractivity contribution in [3.05, 3.63) is 16.4 Å². The molecule has 17 heavy (non-hydrogen) atoms. The summed E-state index contributed by atoms with van der Waals surface area (Å²) in [5, 5.41) is 5.21. The molecule has 1 aromatic rings. The van der Waals surface area contributed by atoms with Gasteiger partial charge in [-0.3, -0.25) is 4.68 Å². The maximum absolute atomic E-state index is 6.31. The van der Waals surface area contributed by atoms with Crippen molar-refractivity contribution < 1.29 is 0 Å². The summed E-state index contributed by atoms with van der Waals surface area (Å²) in [5.41, 5.74) is 2.33. The van der Waals surface area contributed by atoms with Crippen LogP contribution in [-0.4, -0.2) is 14.6 Å². The summed E-state index contributed by atoms with van der Waals surface area (Å²) in [6, 6.07) is 0. The van der Waals surface area contributed by atoms with E-state index in [4.69, 9.17) is 11.6 Å². The topological polar surface area (TPSA) is 17.8 Å². The largest absolute Gasteiger partial charge is 0.257 e. The zero-order valence-corrected chi connectivity index (χ0v) is 12.9. The van der Waals surface area contributed by atoms with Gasteiger partial charge in [0.2, 0.25) is 0 Å². The Balaban J connectivity index is 2.13. The van der Waals surface area contributed by atoms with Crippen LogP contribution < -0.4 is 0 Å². The van der Waals surface area contributed by atoms with Crippen molar-refractivity contribution in [2.24, 2.45) is 13.0 Å². The van der Waals surface area contributed by atoms with E-state index in [0.29, 0.717) is 10.7 Å². The van der Waals surface area contributed by atoms with E-state index in [1.165, 1.54) is 37.7 Å². The van der Waals surface area contributed by atoms with E-state index in [2.05, 4.69) is 28.0 Å². The van der Waals surface area contributed by atoms with Gasteiger partial charge in [-0.15, -0.1) is 0 Å². The highest BCUT2D eigenvalue weighted by atomic mass is 79.9. The van der Waals surface area contributed by atoms with Crippen LogP contribution in [0.2, 0.25) is 5.15 Å². The first kappa shape index (κ1) is 13.4. The summed E-state index contributed by atoms with van der Waals surface area (Å²) in [6.07, 6.45) is 7.74. The molecule has 1 aliphatic rings. The molecule has 2 nitrogen and oxygen atoms in total. The molecule has 1 saturated carbocycles.